The standard InChI is InChI=1S/C17H21F2N3O2S/c18-17(19)25-14-4-2-1-3-13(14)20-15(23)11-21-7-9-22(10-8-21)16(24)12-5-6-12/h1-4,12,17H,5-11H2,(H,20,23). The van der Waals surface area contributed by atoms with Crippen LogP contribution in [0.5, 0.6) is 0 Å². The third kappa shape index (κ3) is 5.15. The number of nitrogens with zero attached hydrogens (tertiary/aromatic N) is 2. The summed E-state index contributed by atoms with van der Waals surface area (Å²) in [5, 5.41) is 2.71. The number of para-hydroxylation sites is 1. The van der Waals surface area contributed by atoms with Crippen molar-refractivity contribution in [3.05, 3.63) is 24.3 Å². The Bertz CT molecular complexity index is 632. The van der Waals surface area contributed by atoms with E-state index in [0.29, 0.717) is 48.5 Å². The van der Waals surface area contributed by atoms with Gasteiger partial charge in [-0.15, -0.1) is 0 Å². The van der Waals surface area contributed by atoms with E-state index < -0.39 is 5.76 Å². The van der Waals surface area contributed by atoms with Gasteiger partial charge in [0.25, 0.3) is 5.76 Å². The molecule has 0 atom stereocenters. The lowest BCUT2D eigenvalue weighted by Gasteiger charge is -2.34. The van der Waals surface area contributed by atoms with Crippen molar-refractivity contribution in [3.8, 4) is 0 Å². The topological polar surface area (TPSA) is 52.7 Å². The van der Waals surface area contributed by atoms with E-state index in [1.54, 1.807) is 24.3 Å². The number of carbonyl (C=O) groups is 2. The zero-order chi connectivity index (χ0) is 17.8. The van der Waals surface area contributed by atoms with Crippen LogP contribution in [0, 0.1) is 5.92 Å². The summed E-state index contributed by atoms with van der Waals surface area (Å²) in [7, 11) is 0. The quantitative estimate of drug-likeness (QED) is 0.783. The Balaban J connectivity index is 1.48. The van der Waals surface area contributed by atoms with E-state index >= 15 is 0 Å². The Morgan fingerprint density at radius 3 is 2.48 bits per heavy atom. The van der Waals surface area contributed by atoms with Gasteiger partial charge < -0.3 is 10.2 Å². The summed E-state index contributed by atoms with van der Waals surface area (Å²) in [4.78, 5) is 28.5. The number of alkyl halides is 2. The zero-order valence-corrected chi connectivity index (χ0v) is 14.6. The van der Waals surface area contributed by atoms with Crippen LogP contribution in [0.25, 0.3) is 0 Å². The van der Waals surface area contributed by atoms with E-state index in [0.717, 1.165) is 12.8 Å². The summed E-state index contributed by atoms with van der Waals surface area (Å²) in [6, 6.07) is 6.55. The highest BCUT2D eigenvalue weighted by Gasteiger charge is 2.34. The Hall–Kier alpha value is -1.67. The first-order chi connectivity index (χ1) is 12.0. The Morgan fingerprint density at radius 2 is 1.84 bits per heavy atom. The van der Waals surface area contributed by atoms with Gasteiger partial charge in [-0.05, 0) is 25.0 Å². The average Bonchev–Trinajstić information content (AvgIpc) is 3.41. The molecule has 0 radical (unpaired) electrons. The molecular formula is C17H21F2N3O2S. The molecule has 0 aromatic heterocycles. The molecule has 25 heavy (non-hydrogen) atoms. The first kappa shape index (κ1) is 18.1. The Morgan fingerprint density at radius 1 is 1.16 bits per heavy atom. The third-order valence-corrected chi connectivity index (χ3v) is 5.14. The second-order valence-corrected chi connectivity index (χ2v) is 7.33. The average molecular weight is 369 g/mol. The lowest BCUT2D eigenvalue weighted by Crippen LogP contribution is -2.50. The fourth-order valence-corrected chi connectivity index (χ4v) is 3.47. The summed E-state index contributed by atoms with van der Waals surface area (Å²) >= 11 is 0.419. The molecule has 1 N–H and O–H groups in total. The minimum Gasteiger partial charge on any atom is -0.340 e. The molecule has 1 heterocycles. The predicted molar refractivity (Wildman–Crippen MR) is 92.7 cm³/mol. The van der Waals surface area contributed by atoms with Crippen LogP contribution in [0.15, 0.2) is 29.2 Å². The van der Waals surface area contributed by atoms with Crippen LogP contribution in [0.2, 0.25) is 0 Å². The highest BCUT2D eigenvalue weighted by molar-refractivity contribution is 7.99. The number of rotatable bonds is 6. The van der Waals surface area contributed by atoms with Crippen LogP contribution in [-0.2, 0) is 9.59 Å². The van der Waals surface area contributed by atoms with Crippen molar-refractivity contribution in [2.45, 2.75) is 23.5 Å². The predicted octanol–water partition coefficient (Wildman–Crippen LogP) is 2.49. The molecule has 136 valence electrons. The third-order valence-electron chi connectivity index (χ3n) is 4.35. The van der Waals surface area contributed by atoms with Crippen molar-refractivity contribution < 1.29 is 18.4 Å². The molecule has 1 saturated heterocycles. The minimum atomic E-state index is -2.53. The van der Waals surface area contributed by atoms with Crippen molar-refractivity contribution in [2.24, 2.45) is 5.92 Å². The lowest BCUT2D eigenvalue weighted by atomic mass is 10.2. The van der Waals surface area contributed by atoms with Gasteiger partial charge >= 0.3 is 0 Å². The van der Waals surface area contributed by atoms with Gasteiger partial charge in [0, 0.05) is 37.0 Å². The number of benzene rings is 1. The summed E-state index contributed by atoms with van der Waals surface area (Å²) in [6.45, 7) is 2.78. The largest absolute Gasteiger partial charge is 0.340 e. The second kappa shape index (κ2) is 8.14. The smallest absolute Gasteiger partial charge is 0.288 e. The number of anilines is 1. The van der Waals surface area contributed by atoms with Gasteiger partial charge in [0.15, 0.2) is 0 Å². The van der Waals surface area contributed by atoms with Gasteiger partial charge in [-0.2, -0.15) is 8.78 Å². The molecule has 1 aliphatic carbocycles. The van der Waals surface area contributed by atoms with Gasteiger partial charge in [-0.1, -0.05) is 23.9 Å². The van der Waals surface area contributed by atoms with Gasteiger partial charge in [-0.25, -0.2) is 0 Å². The number of hydrogen-bond donors (Lipinski definition) is 1. The molecule has 1 aromatic rings. The Kier molecular flexibility index (Phi) is 5.90. The van der Waals surface area contributed by atoms with E-state index in [-0.39, 0.29) is 24.3 Å². The molecule has 0 unspecified atom stereocenters. The van der Waals surface area contributed by atoms with Crippen LogP contribution in [0.4, 0.5) is 14.5 Å². The molecule has 1 aromatic carbocycles. The molecule has 1 saturated carbocycles. The fraction of sp³-hybridized carbons (Fsp3) is 0.529. The molecule has 2 amide bonds. The van der Waals surface area contributed by atoms with E-state index in [1.807, 2.05) is 9.80 Å². The maximum Gasteiger partial charge on any atom is 0.288 e. The molecule has 0 spiro atoms. The van der Waals surface area contributed by atoms with Crippen molar-refractivity contribution in [1.82, 2.24) is 9.80 Å². The summed E-state index contributed by atoms with van der Waals surface area (Å²) in [5.74, 6) is -2.31. The van der Waals surface area contributed by atoms with Gasteiger partial charge in [-0.3, -0.25) is 14.5 Å². The number of piperazine rings is 1. The van der Waals surface area contributed by atoms with Crippen LogP contribution in [0.1, 0.15) is 12.8 Å². The van der Waals surface area contributed by atoms with Crippen LogP contribution in [0.3, 0.4) is 0 Å². The molecule has 8 heteroatoms. The monoisotopic (exact) mass is 369 g/mol. The molecule has 1 aliphatic heterocycles. The molecule has 0 bridgehead atoms. The molecular weight excluding hydrogens is 348 g/mol. The van der Waals surface area contributed by atoms with Gasteiger partial charge in [0.1, 0.15) is 0 Å². The van der Waals surface area contributed by atoms with E-state index in [9.17, 15) is 18.4 Å². The molecule has 3 rings (SSSR count). The van der Waals surface area contributed by atoms with Crippen LogP contribution >= 0.6 is 11.8 Å². The number of amides is 2. The number of nitrogens with one attached hydrogen (secondary N) is 1. The highest BCUT2D eigenvalue weighted by Crippen LogP contribution is 2.32. The summed E-state index contributed by atoms with van der Waals surface area (Å²) < 4.78 is 25.2. The molecule has 2 aliphatic rings. The maximum atomic E-state index is 12.6. The van der Waals surface area contributed by atoms with Gasteiger partial charge in [0.05, 0.1) is 12.2 Å². The SMILES string of the molecule is O=C(CN1CCN(C(=O)C2CC2)CC1)Nc1ccccc1SC(F)F. The van der Waals surface area contributed by atoms with Crippen LogP contribution in [-0.4, -0.2) is 60.1 Å². The van der Waals surface area contributed by atoms with Gasteiger partial charge in [0.2, 0.25) is 11.8 Å². The minimum absolute atomic E-state index is 0.194. The zero-order valence-electron chi connectivity index (χ0n) is 13.8. The first-order valence-electron chi connectivity index (χ1n) is 8.38. The number of thioether (sulfide) groups is 1. The van der Waals surface area contributed by atoms with E-state index in [2.05, 4.69) is 5.32 Å². The maximum absolute atomic E-state index is 12.6. The summed E-state index contributed by atoms with van der Waals surface area (Å²) in [6.07, 6.45) is 2.00. The van der Waals surface area contributed by atoms with E-state index in [1.165, 1.54) is 0 Å². The number of hydrogen-bond acceptors (Lipinski definition) is 4. The first-order valence-corrected chi connectivity index (χ1v) is 9.25. The number of halogens is 2. The second-order valence-electron chi connectivity index (χ2n) is 6.30. The number of carbonyl (C=O) groups excluding carboxylic acids is 2. The van der Waals surface area contributed by atoms with Crippen molar-refractivity contribution >= 4 is 29.3 Å². The van der Waals surface area contributed by atoms with Crippen molar-refractivity contribution in [1.29, 1.82) is 0 Å². The Labute approximate surface area is 149 Å². The van der Waals surface area contributed by atoms with Crippen LogP contribution < -0.4 is 5.32 Å². The molecule has 2 fully saturated rings. The highest BCUT2D eigenvalue weighted by atomic mass is 32.2. The van der Waals surface area contributed by atoms with Crippen molar-refractivity contribution in [3.63, 3.8) is 0 Å². The van der Waals surface area contributed by atoms with Crippen molar-refractivity contribution in [2.75, 3.05) is 38.0 Å². The molecule has 5 nitrogen and oxygen atoms in total. The van der Waals surface area contributed by atoms with E-state index in [4.69, 9.17) is 0 Å². The lowest BCUT2D eigenvalue weighted by molar-refractivity contribution is -0.134. The fourth-order valence-electron chi connectivity index (χ4n) is 2.88. The summed E-state index contributed by atoms with van der Waals surface area (Å²) in [5.41, 5.74) is 0.403. The normalized spacial score (nSPS) is 18.4.